The lowest BCUT2D eigenvalue weighted by Gasteiger charge is -2.09. The highest BCUT2D eigenvalue weighted by molar-refractivity contribution is 5.78. The summed E-state index contributed by atoms with van der Waals surface area (Å²) in [5, 5.41) is 3.33. The van der Waals surface area contributed by atoms with E-state index in [1.807, 2.05) is 30.3 Å². The van der Waals surface area contributed by atoms with Crippen LogP contribution in [-0.2, 0) is 29.2 Å². The number of ether oxygens (including phenoxy) is 1. The van der Waals surface area contributed by atoms with Gasteiger partial charge in [0.1, 0.15) is 6.54 Å². The van der Waals surface area contributed by atoms with Crippen molar-refractivity contribution in [2.24, 2.45) is 0 Å². The van der Waals surface area contributed by atoms with Gasteiger partial charge in [-0.3, -0.25) is 14.2 Å². The summed E-state index contributed by atoms with van der Waals surface area (Å²) >= 11 is 0. The molecule has 0 saturated carbocycles. The van der Waals surface area contributed by atoms with Crippen LogP contribution in [0.4, 0.5) is 0 Å². The minimum atomic E-state index is -0.240. The van der Waals surface area contributed by atoms with Gasteiger partial charge in [0, 0.05) is 13.7 Å². The first kappa shape index (κ1) is 16.9. The summed E-state index contributed by atoms with van der Waals surface area (Å²) in [4.78, 5) is 28.8. The number of hydrogen-bond donors (Lipinski definition) is 1. The largest absolute Gasteiger partial charge is 0.380 e. The number of aromatic nitrogens is 2. The third kappa shape index (κ3) is 4.10. The second kappa shape index (κ2) is 7.72. The number of para-hydroxylation sites is 1. The molecule has 0 aliphatic carbocycles. The number of nitrogens with zero attached hydrogens (tertiary/aromatic N) is 2. The fraction of sp³-hybridized carbons (Fsp3) is 0.211. The highest BCUT2D eigenvalue weighted by Gasteiger charge is 2.08. The van der Waals surface area contributed by atoms with Crippen molar-refractivity contribution in [3.05, 3.63) is 76.3 Å². The number of methoxy groups -OCH3 is 1. The Morgan fingerprint density at radius 2 is 1.96 bits per heavy atom. The van der Waals surface area contributed by atoms with Gasteiger partial charge in [0.05, 0.1) is 23.8 Å². The Hall–Kier alpha value is -2.99. The first-order valence-electron chi connectivity index (χ1n) is 7.95. The first-order chi connectivity index (χ1) is 12.2. The monoisotopic (exact) mass is 337 g/mol. The average Bonchev–Trinajstić information content (AvgIpc) is 2.63. The van der Waals surface area contributed by atoms with Crippen molar-refractivity contribution in [2.45, 2.75) is 19.7 Å². The quantitative estimate of drug-likeness (QED) is 0.745. The van der Waals surface area contributed by atoms with Crippen LogP contribution in [-0.4, -0.2) is 22.6 Å². The third-order valence-corrected chi connectivity index (χ3v) is 3.84. The van der Waals surface area contributed by atoms with E-state index >= 15 is 0 Å². The minimum absolute atomic E-state index is 0.0611. The lowest BCUT2D eigenvalue weighted by molar-refractivity contribution is -0.121. The zero-order chi connectivity index (χ0) is 17.6. The predicted molar refractivity (Wildman–Crippen MR) is 95.0 cm³/mol. The van der Waals surface area contributed by atoms with Gasteiger partial charge in [-0.1, -0.05) is 36.4 Å². The Morgan fingerprint density at radius 1 is 1.16 bits per heavy atom. The molecule has 0 aliphatic rings. The molecule has 1 amide bonds. The summed E-state index contributed by atoms with van der Waals surface area (Å²) in [6.07, 6.45) is 1.41. The molecule has 2 aromatic carbocycles. The van der Waals surface area contributed by atoms with Crippen molar-refractivity contribution in [1.29, 1.82) is 0 Å². The SMILES string of the molecule is COCc1cccc(CNC(=O)Cn2cnc3ccccc3c2=O)c1. The van der Waals surface area contributed by atoms with Crippen molar-refractivity contribution in [2.75, 3.05) is 7.11 Å². The van der Waals surface area contributed by atoms with E-state index in [0.717, 1.165) is 11.1 Å². The maximum Gasteiger partial charge on any atom is 0.261 e. The lowest BCUT2D eigenvalue weighted by atomic mass is 10.1. The van der Waals surface area contributed by atoms with Gasteiger partial charge >= 0.3 is 0 Å². The maximum absolute atomic E-state index is 12.4. The summed E-state index contributed by atoms with van der Waals surface area (Å²) in [6, 6.07) is 14.9. The number of benzene rings is 2. The number of amides is 1. The molecule has 1 heterocycles. The number of rotatable bonds is 6. The Balaban J connectivity index is 1.66. The van der Waals surface area contributed by atoms with Crippen molar-refractivity contribution < 1.29 is 9.53 Å². The maximum atomic E-state index is 12.4. The predicted octanol–water partition coefficient (Wildman–Crippen LogP) is 1.86. The standard InChI is InChI=1S/C19H19N3O3/c1-25-12-15-6-4-5-14(9-15)10-20-18(23)11-22-13-21-17-8-3-2-7-16(17)19(22)24/h2-9,13H,10-12H2,1H3,(H,20,23). The van der Waals surface area contributed by atoms with Gasteiger partial charge in [-0.05, 0) is 23.3 Å². The zero-order valence-corrected chi connectivity index (χ0v) is 13.9. The summed E-state index contributed by atoms with van der Waals surface area (Å²) < 4.78 is 6.42. The van der Waals surface area contributed by atoms with Gasteiger partial charge in [-0.2, -0.15) is 0 Å². The Bertz CT molecular complexity index is 950. The zero-order valence-electron chi connectivity index (χ0n) is 13.9. The molecule has 1 N–H and O–H groups in total. The Kier molecular flexibility index (Phi) is 5.20. The highest BCUT2D eigenvalue weighted by Crippen LogP contribution is 2.07. The van der Waals surface area contributed by atoms with Crippen LogP contribution in [0.3, 0.4) is 0 Å². The average molecular weight is 337 g/mol. The molecule has 0 bridgehead atoms. The van der Waals surface area contributed by atoms with Gasteiger partial charge < -0.3 is 10.1 Å². The molecule has 128 valence electrons. The van der Waals surface area contributed by atoms with Crippen molar-refractivity contribution in [1.82, 2.24) is 14.9 Å². The number of carbonyl (C=O) groups is 1. The van der Waals surface area contributed by atoms with Crippen LogP contribution in [0.2, 0.25) is 0 Å². The highest BCUT2D eigenvalue weighted by atomic mass is 16.5. The second-order valence-corrected chi connectivity index (χ2v) is 5.72. The van der Waals surface area contributed by atoms with Crippen LogP contribution < -0.4 is 10.9 Å². The number of nitrogens with one attached hydrogen (secondary N) is 1. The Morgan fingerprint density at radius 3 is 2.80 bits per heavy atom. The van der Waals surface area contributed by atoms with Crippen LogP contribution in [0, 0.1) is 0 Å². The van der Waals surface area contributed by atoms with E-state index in [-0.39, 0.29) is 18.0 Å². The molecule has 0 spiro atoms. The lowest BCUT2D eigenvalue weighted by Crippen LogP contribution is -2.32. The molecule has 0 aliphatic heterocycles. The first-order valence-corrected chi connectivity index (χ1v) is 7.95. The number of hydrogen-bond acceptors (Lipinski definition) is 4. The fourth-order valence-electron chi connectivity index (χ4n) is 2.63. The van der Waals surface area contributed by atoms with E-state index in [1.165, 1.54) is 10.9 Å². The molecule has 3 aromatic rings. The van der Waals surface area contributed by atoms with Gasteiger partial charge in [-0.15, -0.1) is 0 Å². The van der Waals surface area contributed by atoms with Gasteiger partial charge in [0.15, 0.2) is 0 Å². The molecule has 1 aromatic heterocycles. The van der Waals surface area contributed by atoms with Crippen LogP contribution in [0.1, 0.15) is 11.1 Å². The molecule has 6 nitrogen and oxygen atoms in total. The van der Waals surface area contributed by atoms with E-state index in [2.05, 4.69) is 10.3 Å². The number of carbonyl (C=O) groups excluding carboxylic acids is 1. The van der Waals surface area contributed by atoms with Crippen LogP contribution in [0.5, 0.6) is 0 Å². The van der Waals surface area contributed by atoms with E-state index in [4.69, 9.17) is 4.74 Å². The van der Waals surface area contributed by atoms with Crippen LogP contribution in [0.15, 0.2) is 59.7 Å². The smallest absolute Gasteiger partial charge is 0.261 e. The summed E-state index contributed by atoms with van der Waals surface area (Å²) in [6.45, 7) is 0.862. The molecule has 0 radical (unpaired) electrons. The van der Waals surface area contributed by atoms with Crippen LogP contribution in [0.25, 0.3) is 10.9 Å². The second-order valence-electron chi connectivity index (χ2n) is 5.72. The third-order valence-electron chi connectivity index (χ3n) is 3.84. The Labute approximate surface area is 145 Å². The van der Waals surface area contributed by atoms with Crippen LogP contribution >= 0.6 is 0 Å². The minimum Gasteiger partial charge on any atom is -0.380 e. The van der Waals surface area contributed by atoms with Gasteiger partial charge in [-0.25, -0.2) is 4.98 Å². The number of fused-ring (bicyclic) bond motifs is 1. The van der Waals surface area contributed by atoms with Gasteiger partial charge in [0.25, 0.3) is 5.56 Å². The molecule has 0 atom stereocenters. The molecule has 25 heavy (non-hydrogen) atoms. The molecule has 0 fully saturated rings. The summed E-state index contributed by atoms with van der Waals surface area (Å²) in [5.74, 6) is -0.240. The molecule has 6 heteroatoms. The van der Waals surface area contributed by atoms with Crippen molar-refractivity contribution in [3.8, 4) is 0 Å². The summed E-state index contributed by atoms with van der Waals surface area (Å²) in [5.41, 5.74) is 2.43. The van der Waals surface area contributed by atoms with E-state index in [1.54, 1.807) is 25.3 Å². The topological polar surface area (TPSA) is 73.2 Å². The van der Waals surface area contributed by atoms with E-state index in [9.17, 15) is 9.59 Å². The molecule has 3 rings (SSSR count). The fourth-order valence-corrected chi connectivity index (χ4v) is 2.63. The normalized spacial score (nSPS) is 10.8. The van der Waals surface area contributed by atoms with Crippen molar-refractivity contribution in [3.63, 3.8) is 0 Å². The molecular formula is C19H19N3O3. The molecule has 0 unspecified atom stereocenters. The molecular weight excluding hydrogens is 318 g/mol. The van der Waals surface area contributed by atoms with E-state index in [0.29, 0.717) is 24.1 Å². The summed E-state index contributed by atoms with van der Waals surface area (Å²) in [7, 11) is 1.64. The van der Waals surface area contributed by atoms with Gasteiger partial charge in [0.2, 0.25) is 5.91 Å². The van der Waals surface area contributed by atoms with E-state index < -0.39 is 0 Å². The van der Waals surface area contributed by atoms with Crippen molar-refractivity contribution >= 4 is 16.8 Å². The molecule has 0 saturated heterocycles.